The van der Waals surface area contributed by atoms with Crippen molar-refractivity contribution in [2.75, 3.05) is 0 Å². The number of benzene rings is 1. The smallest absolute Gasteiger partial charge is 0.145 e. The van der Waals surface area contributed by atoms with E-state index in [0.29, 0.717) is 17.9 Å². The molecule has 2 heterocycles. The largest absolute Gasteiger partial charge is 0.455 e. The minimum absolute atomic E-state index is 0.527. The molecule has 0 saturated carbocycles. The van der Waals surface area contributed by atoms with Crippen molar-refractivity contribution < 1.29 is 9.84 Å². The van der Waals surface area contributed by atoms with Crippen molar-refractivity contribution in [1.29, 1.82) is 0 Å². The van der Waals surface area contributed by atoms with Crippen LogP contribution in [0, 0.1) is 0 Å². The molecule has 106 valence electrons. The van der Waals surface area contributed by atoms with Gasteiger partial charge in [-0.15, -0.1) is 0 Å². The normalized spacial score (nSPS) is 12.3. The Morgan fingerprint density at radius 3 is 2.76 bits per heavy atom. The first-order valence-electron chi connectivity index (χ1n) is 6.93. The van der Waals surface area contributed by atoms with Crippen molar-refractivity contribution in [1.82, 2.24) is 9.97 Å². The minimum atomic E-state index is -0.527. The lowest BCUT2D eigenvalue weighted by atomic mass is 10.2. The van der Waals surface area contributed by atoms with Gasteiger partial charge in [0.15, 0.2) is 0 Å². The van der Waals surface area contributed by atoms with E-state index in [2.05, 4.69) is 9.97 Å². The van der Waals surface area contributed by atoms with Gasteiger partial charge in [0.05, 0.1) is 23.5 Å². The zero-order valence-corrected chi connectivity index (χ0v) is 11.7. The maximum absolute atomic E-state index is 9.74. The van der Waals surface area contributed by atoms with Crippen LogP contribution in [0.4, 0.5) is 0 Å². The fourth-order valence-electron chi connectivity index (χ4n) is 2.15. The molecule has 1 atom stereocenters. The first kappa shape index (κ1) is 13.5. The number of hydrogen-bond acceptors (Lipinski definition) is 4. The number of rotatable bonds is 4. The molecule has 0 aliphatic heterocycles. The van der Waals surface area contributed by atoms with Gasteiger partial charge in [-0.3, -0.25) is 9.97 Å². The Morgan fingerprint density at radius 2 is 2.00 bits per heavy atom. The molecule has 2 aromatic heterocycles. The Balaban J connectivity index is 1.88. The number of aliphatic hydroxyl groups is 1. The van der Waals surface area contributed by atoms with Crippen LogP contribution in [-0.4, -0.2) is 15.1 Å². The predicted molar refractivity (Wildman–Crippen MR) is 81.3 cm³/mol. The molecule has 4 heteroatoms. The van der Waals surface area contributed by atoms with Crippen molar-refractivity contribution >= 4 is 10.9 Å². The maximum Gasteiger partial charge on any atom is 0.145 e. The number of fused-ring (bicyclic) bond motifs is 1. The third-order valence-electron chi connectivity index (χ3n) is 3.32. The standard InChI is InChI=1S/C17H16N2O2/c1-2-16(20)15-9-8-12(11-19-15)21-17-7-3-6-14-13(17)5-4-10-18-14/h3-11,16,20H,2H2,1H3. The highest BCUT2D eigenvalue weighted by molar-refractivity contribution is 5.85. The first-order chi connectivity index (χ1) is 10.3. The molecule has 4 nitrogen and oxygen atoms in total. The van der Waals surface area contributed by atoms with E-state index in [4.69, 9.17) is 4.74 Å². The number of hydrogen-bond donors (Lipinski definition) is 1. The van der Waals surface area contributed by atoms with E-state index in [-0.39, 0.29) is 0 Å². The first-order valence-corrected chi connectivity index (χ1v) is 6.93. The number of pyridine rings is 2. The third-order valence-corrected chi connectivity index (χ3v) is 3.32. The molecule has 0 amide bonds. The fourth-order valence-corrected chi connectivity index (χ4v) is 2.15. The van der Waals surface area contributed by atoms with E-state index >= 15 is 0 Å². The quantitative estimate of drug-likeness (QED) is 0.788. The summed E-state index contributed by atoms with van der Waals surface area (Å²) in [5.41, 5.74) is 1.55. The molecule has 0 saturated heterocycles. The van der Waals surface area contributed by atoms with Gasteiger partial charge in [-0.25, -0.2) is 0 Å². The van der Waals surface area contributed by atoms with Crippen LogP contribution in [0.2, 0.25) is 0 Å². The van der Waals surface area contributed by atoms with Crippen LogP contribution >= 0.6 is 0 Å². The van der Waals surface area contributed by atoms with Gasteiger partial charge in [-0.2, -0.15) is 0 Å². The second kappa shape index (κ2) is 5.89. The van der Waals surface area contributed by atoms with Crippen LogP contribution in [0.5, 0.6) is 11.5 Å². The molecule has 1 unspecified atom stereocenters. The molecule has 3 rings (SSSR count). The summed E-state index contributed by atoms with van der Waals surface area (Å²) in [7, 11) is 0. The average molecular weight is 280 g/mol. The van der Waals surface area contributed by atoms with Crippen molar-refractivity contribution in [3.63, 3.8) is 0 Å². The molecule has 0 aliphatic rings. The summed E-state index contributed by atoms with van der Waals surface area (Å²) in [4.78, 5) is 8.54. The number of aromatic nitrogens is 2. The van der Waals surface area contributed by atoms with Crippen LogP contribution in [0.25, 0.3) is 10.9 Å². The molecule has 21 heavy (non-hydrogen) atoms. The summed E-state index contributed by atoms with van der Waals surface area (Å²) in [5, 5.41) is 10.7. The third kappa shape index (κ3) is 2.85. The van der Waals surface area contributed by atoms with Crippen molar-refractivity contribution in [2.45, 2.75) is 19.4 Å². The average Bonchev–Trinajstić information content (AvgIpc) is 2.55. The second-order valence-electron chi connectivity index (χ2n) is 4.77. The summed E-state index contributed by atoms with van der Waals surface area (Å²) in [5.74, 6) is 1.38. The topological polar surface area (TPSA) is 55.2 Å². The summed E-state index contributed by atoms with van der Waals surface area (Å²) in [6.07, 6.45) is 3.50. The van der Waals surface area contributed by atoms with Crippen LogP contribution in [0.1, 0.15) is 25.1 Å². The Kier molecular flexibility index (Phi) is 3.79. The lowest BCUT2D eigenvalue weighted by molar-refractivity contribution is 0.169. The van der Waals surface area contributed by atoms with E-state index in [0.717, 1.165) is 16.7 Å². The highest BCUT2D eigenvalue weighted by atomic mass is 16.5. The highest BCUT2D eigenvalue weighted by Crippen LogP contribution is 2.28. The van der Waals surface area contributed by atoms with Crippen molar-refractivity contribution in [3.8, 4) is 11.5 Å². The van der Waals surface area contributed by atoms with Crippen molar-refractivity contribution in [2.24, 2.45) is 0 Å². The summed E-state index contributed by atoms with van der Waals surface area (Å²) >= 11 is 0. The molecule has 0 spiro atoms. The van der Waals surface area contributed by atoms with E-state index in [1.165, 1.54) is 0 Å². The SMILES string of the molecule is CCC(O)c1ccc(Oc2cccc3ncccc23)cn1. The van der Waals surface area contributed by atoms with Crippen LogP contribution in [-0.2, 0) is 0 Å². The predicted octanol–water partition coefficient (Wildman–Crippen LogP) is 3.87. The van der Waals surface area contributed by atoms with Gasteiger partial charge in [-0.05, 0) is 42.8 Å². The number of ether oxygens (including phenoxy) is 1. The summed E-state index contributed by atoms with van der Waals surface area (Å²) in [6, 6.07) is 13.2. The molecule has 3 aromatic rings. The lowest BCUT2D eigenvalue weighted by Gasteiger charge is -2.10. The van der Waals surface area contributed by atoms with Gasteiger partial charge >= 0.3 is 0 Å². The minimum Gasteiger partial charge on any atom is -0.455 e. The van der Waals surface area contributed by atoms with Gasteiger partial charge in [-0.1, -0.05) is 13.0 Å². The lowest BCUT2D eigenvalue weighted by Crippen LogP contribution is -1.98. The molecule has 0 fully saturated rings. The summed E-state index contributed by atoms with van der Waals surface area (Å²) in [6.45, 7) is 1.92. The van der Waals surface area contributed by atoms with Gasteiger partial charge in [0.2, 0.25) is 0 Å². The van der Waals surface area contributed by atoms with Crippen molar-refractivity contribution in [3.05, 3.63) is 60.6 Å². The maximum atomic E-state index is 9.74. The Morgan fingerprint density at radius 1 is 1.10 bits per heavy atom. The highest BCUT2D eigenvalue weighted by Gasteiger charge is 2.08. The van der Waals surface area contributed by atoms with Gasteiger partial charge < -0.3 is 9.84 Å². The van der Waals surface area contributed by atoms with Gasteiger partial charge in [0, 0.05) is 11.6 Å². The molecular formula is C17H16N2O2. The van der Waals surface area contributed by atoms with E-state index in [1.807, 2.05) is 43.3 Å². The second-order valence-corrected chi connectivity index (χ2v) is 4.77. The Labute approximate surface area is 123 Å². The molecular weight excluding hydrogens is 264 g/mol. The van der Waals surface area contributed by atoms with Crippen LogP contribution < -0.4 is 4.74 Å². The molecule has 0 radical (unpaired) electrons. The Bertz CT molecular complexity index is 736. The molecule has 0 bridgehead atoms. The monoisotopic (exact) mass is 280 g/mol. The van der Waals surface area contributed by atoms with Gasteiger partial charge in [0.25, 0.3) is 0 Å². The van der Waals surface area contributed by atoms with E-state index < -0.39 is 6.10 Å². The zero-order chi connectivity index (χ0) is 14.7. The molecule has 1 N–H and O–H groups in total. The number of aliphatic hydroxyl groups excluding tert-OH is 1. The van der Waals surface area contributed by atoms with Crippen LogP contribution in [0.15, 0.2) is 54.9 Å². The fraction of sp³-hybridized carbons (Fsp3) is 0.176. The number of nitrogens with zero attached hydrogens (tertiary/aromatic N) is 2. The van der Waals surface area contributed by atoms with Crippen LogP contribution in [0.3, 0.4) is 0 Å². The Hall–Kier alpha value is -2.46. The van der Waals surface area contributed by atoms with E-state index in [1.54, 1.807) is 18.5 Å². The zero-order valence-electron chi connectivity index (χ0n) is 11.7. The molecule has 0 aliphatic carbocycles. The molecule has 1 aromatic carbocycles. The van der Waals surface area contributed by atoms with Gasteiger partial charge in [0.1, 0.15) is 11.5 Å². The van der Waals surface area contributed by atoms with E-state index in [9.17, 15) is 5.11 Å². The summed E-state index contributed by atoms with van der Waals surface area (Å²) < 4.78 is 5.88.